The van der Waals surface area contributed by atoms with Gasteiger partial charge in [-0.25, -0.2) is 14.5 Å². The van der Waals surface area contributed by atoms with Gasteiger partial charge in [0.2, 0.25) is 0 Å². The molecule has 3 aromatic heterocycles. The minimum Gasteiger partial charge on any atom is -0.342 e. The molecular formula is C21H18N6. The fraction of sp³-hybridized carbons (Fsp3) is 0.238. The number of aryl methyl sites for hydroxylation is 2. The van der Waals surface area contributed by atoms with Gasteiger partial charge in [-0.15, -0.1) is 0 Å². The molecule has 1 fully saturated rings. The molecule has 1 saturated carbocycles. The van der Waals surface area contributed by atoms with Crippen molar-refractivity contribution in [1.82, 2.24) is 29.5 Å². The molecule has 1 aliphatic rings. The van der Waals surface area contributed by atoms with Crippen molar-refractivity contribution >= 4 is 27.5 Å². The van der Waals surface area contributed by atoms with Gasteiger partial charge in [0.15, 0.2) is 11.5 Å². The number of aromatic nitrogens is 6. The van der Waals surface area contributed by atoms with E-state index in [0.717, 1.165) is 46.1 Å². The van der Waals surface area contributed by atoms with Crippen LogP contribution in [0.1, 0.15) is 41.3 Å². The van der Waals surface area contributed by atoms with Crippen molar-refractivity contribution in [3.8, 4) is 0 Å². The van der Waals surface area contributed by atoms with Crippen molar-refractivity contribution in [2.75, 3.05) is 0 Å². The zero-order chi connectivity index (χ0) is 18.1. The molecule has 1 N–H and O–H groups in total. The number of imidazole rings is 1. The molecule has 6 rings (SSSR count). The molecular weight excluding hydrogens is 336 g/mol. The molecule has 6 heteroatoms. The summed E-state index contributed by atoms with van der Waals surface area (Å²) in [4.78, 5) is 17.6. The molecule has 0 saturated heterocycles. The molecule has 0 amide bonds. The third-order valence-electron chi connectivity index (χ3n) is 5.60. The highest BCUT2D eigenvalue weighted by molar-refractivity contribution is 6.04. The van der Waals surface area contributed by atoms with Crippen molar-refractivity contribution in [2.24, 2.45) is 0 Å². The van der Waals surface area contributed by atoms with Crippen LogP contribution >= 0.6 is 0 Å². The third kappa shape index (κ3) is 2.13. The maximum absolute atomic E-state index is 4.94. The van der Waals surface area contributed by atoms with Crippen LogP contribution < -0.4 is 0 Å². The first-order valence-electron chi connectivity index (χ1n) is 9.25. The Hall–Kier alpha value is -3.28. The van der Waals surface area contributed by atoms with Crippen LogP contribution in [0.2, 0.25) is 0 Å². The molecule has 0 radical (unpaired) electrons. The molecule has 2 aromatic carbocycles. The Labute approximate surface area is 155 Å². The zero-order valence-corrected chi connectivity index (χ0v) is 15.1. The lowest BCUT2D eigenvalue weighted by molar-refractivity contribution is 0.823. The summed E-state index contributed by atoms with van der Waals surface area (Å²) in [6, 6.07) is 12.7. The van der Waals surface area contributed by atoms with E-state index >= 15 is 0 Å². The number of nitrogens with zero attached hydrogens (tertiary/aromatic N) is 5. The predicted octanol–water partition coefficient (Wildman–Crippen LogP) is 4.04. The first-order chi connectivity index (χ1) is 13.2. The van der Waals surface area contributed by atoms with Crippen LogP contribution in [0.25, 0.3) is 27.5 Å². The number of nitrogens with one attached hydrogen (secondary N) is 1. The molecule has 1 aliphatic carbocycles. The Bertz CT molecular complexity index is 1310. The van der Waals surface area contributed by atoms with Gasteiger partial charge in [0, 0.05) is 23.4 Å². The highest BCUT2D eigenvalue weighted by atomic mass is 15.3. The fourth-order valence-corrected chi connectivity index (χ4v) is 3.99. The second-order valence-corrected chi connectivity index (χ2v) is 7.44. The minimum absolute atomic E-state index is 0.315. The van der Waals surface area contributed by atoms with Crippen LogP contribution in [0.3, 0.4) is 0 Å². The molecule has 0 bridgehead atoms. The lowest BCUT2D eigenvalue weighted by Crippen LogP contribution is -1.97. The first kappa shape index (κ1) is 14.8. The van der Waals surface area contributed by atoms with E-state index in [-0.39, 0.29) is 0 Å². The summed E-state index contributed by atoms with van der Waals surface area (Å²) in [5, 5.41) is 7.15. The molecule has 132 valence electrons. The average molecular weight is 354 g/mol. The number of rotatable bonds is 2. The molecule has 2 atom stereocenters. The van der Waals surface area contributed by atoms with Crippen LogP contribution in [-0.2, 0) is 0 Å². The first-order valence-corrected chi connectivity index (χ1v) is 9.25. The van der Waals surface area contributed by atoms with E-state index in [1.54, 1.807) is 0 Å². The fourth-order valence-electron chi connectivity index (χ4n) is 3.99. The van der Waals surface area contributed by atoms with Gasteiger partial charge in [-0.3, -0.25) is 4.98 Å². The summed E-state index contributed by atoms with van der Waals surface area (Å²) >= 11 is 0. The molecule has 0 spiro atoms. The lowest BCUT2D eigenvalue weighted by atomic mass is 10.1. The predicted molar refractivity (Wildman–Crippen MR) is 104 cm³/mol. The molecule has 0 unspecified atom stereocenters. The van der Waals surface area contributed by atoms with E-state index in [1.807, 2.05) is 24.6 Å². The molecule has 3 heterocycles. The maximum Gasteiger partial charge on any atom is 0.177 e. The summed E-state index contributed by atoms with van der Waals surface area (Å²) in [6.45, 7) is 3.98. The Morgan fingerprint density at radius 1 is 1.04 bits per heavy atom. The van der Waals surface area contributed by atoms with E-state index in [2.05, 4.69) is 46.4 Å². The molecule has 6 nitrogen and oxygen atoms in total. The van der Waals surface area contributed by atoms with Crippen molar-refractivity contribution in [3.63, 3.8) is 0 Å². The molecule has 27 heavy (non-hydrogen) atoms. The van der Waals surface area contributed by atoms with Crippen LogP contribution in [-0.4, -0.2) is 29.5 Å². The summed E-state index contributed by atoms with van der Waals surface area (Å²) in [7, 11) is 0. The molecule has 0 aliphatic heterocycles. The maximum atomic E-state index is 4.94. The van der Waals surface area contributed by atoms with E-state index < -0.39 is 0 Å². The van der Waals surface area contributed by atoms with Gasteiger partial charge in [0.05, 0.1) is 22.4 Å². The van der Waals surface area contributed by atoms with Gasteiger partial charge in [0.25, 0.3) is 0 Å². The quantitative estimate of drug-likeness (QED) is 0.519. The average Bonchev–Trinajstić information content (AvgIpc) is 3.15. The Kier molecular flexibility index (Phi) is 2.82. The standard InChI is InChI=1S/C21H18N6/c1-11-10-22-12(2)21-25-20(26-27(11)21)16-9-15(16)19-23-17-8-7-13-5-3-4-6-14(13)18(17)24-19/h3-8,10,15-16H,9H2,1-2H3,(H,23,24)/t15-,16-/m1/s1. The van der Waals surface area contributed by atoms with Gasteiger partial charge < -0.3 is 4.98 Å². The van der Waals surface area contributed by atoms with E-state index in [4.69, 9.17) is 15.1 Å². The van der Waals surface area contributed by atoms with Crippen LogP contribution in [0.15, 0.2) is 42.6 Å². The topological polar surface area (TPSA) is 71.8 Å². The van der Waals surface area contributed by atoms with Gasteiger partial charge in [-0.05, 0) is 31.7 Å². The summed E-state index contributed by atoms with van der Waals surface area (Å²) in [5.41, 5.74) is 4.90. The number of hydrogen-bond acceptors (Lipinski definition) is 4. The molecule has 5 aromatic rings. The van der Waals surface area contributed by atoms with Crippen molar-refractivity contribution < 1.29 is 0 Å². The lowest BCUT2D eigenvalue weighted by Gasteiger charge is -1.97. The number of aromatic amines is 1. The number of hydrogen-bond donors (Lipinski definition) is 1. The van der Waals surface area contributed by atoms with Crippen LogP contribution in [0, 0.1) is 13.8 Å². The highest BCUT2D eigenvalue weighted by Gasteiger charge is 2.44. The van der Waals surface area contributed by atoms with Crippen LogP contribution in [0.4, 0.5) is 0 Å². The van der Waals surface area contributed by atoms with Crippen molar-refractivity contribution in [2.45, 2.75) is 32.1 Å². The van der Waals surface area contributed by atoms with Crippen molar-refractivity contribution in [3.05, 3.63) is 65.6 Å². The summed E-state index contributed by atoms with van der Waals surface area (Å²) in [5.74, 6) is 2.60. The monoisotopic (exact) mass is 354 g/mol. The van der Waals surface area contributed by atoms with E-state index in [1.165, 1.54) is 10.8 Å². The van der Waals surface area contributed by atoms with Gasteiger partial charge in [-0.1, -0.05) is 30.3 Å². The number of benzene rings is 2. The Morgan fingerprint density at radius 2 is 1.93 bits per heavy atom. The SMILES string of the molecule is Cc1ncc(C)n2nc([C@@H]3C[C@H]3c3nc4c(ccc5ccccc54)[nH]3)nc12. The second kappa shape index (κ2) is 5.13. The highest BCUT2D eigenvalue weighted by Crippen LogP contribution is 2.53. The van der Waals surface area contributed by atoms with E-state index in [9.17, 15) is 0 Å². The smallest absolute Gasteiger partial charge is 0.177 e. The Balaban J connectivity index is 1.41. The van der Waals surface area contributed by atoms with E-state index in [0.29, 0.717) is 11.8 Å². The second-order valence-electron chi connectivity index (χ2n) is 7.44. The normalized spacial score (nSPS) is 19.3. The zero-order valence-electron chi connectivity index (χ0n) is 15.1. The van der Waals surface area contributed by atoms with Gasteiger partial charge >= 0.3 is 0 Å². The van der Waals surface area contributed by atoms with Gasteiger partial charge in [-0.2, -0.15) is 5.10 Å². The largest absolute Gasteiger partial charge is 0.342 e. The summed E-state index contributed by atoms with van der Waals surface area (Å²) in [6.07, 6.45) is 2.87. The third-order valence-corrected chi connectivity index (χ3v) is 5.60. The Morgan fingerprint density at radius 3 is 2.81 bits per heavy atom. The van der Waals surface area contributed by atoms with Gasteiger partial charge in [0.1, 0.15) is 5.82 Å². The number of H-pyrrole nitrogens is 1. The van der Waals surface area contributed by atoms with Crippen LogP contribution in [0.5, 0.6) is 0 Å². The summed E-state index contributed by atoms with van der Waals surface area (Å²) < 4.78 is 1.90. The minimum atomic E-state index is 0.315. The van der Waals surface area contributed by atoms with Crippen molar-refractivity contribution in [1.29, 1.82) is 0 Å². The number of fused-ring (bicyclic) bond motifs is 4.